The van der Waals surface area contributed by atoms with Gasteiger partial charge in [-0.05, 0) is 12.8 Å². The normalized spacial score (nSPS) is 22.9. The van der Waals surface area contributed by atoms with Crippen molar-refractivity contribution in [3.63, 3.8) is 0 Å². The summed E-state index contributed by atoms with van der Waals surface area (Å²) in [4.78, 5) is 17.6. The highest BCUT2D eigenvalue weighted by molar-refractivity contribution is 5.63. The molecule has 0 unspecified atom stereocenters. The van der Waals surface area contributed by atoms with E-state index in [9.17, 15) is 9.90 Å². The van der Waals surface area contributed by atoms with Gasteiger partial charge in [0.1, 0.15) is 5.69 Å². The first-order valence-electron chi connectivity index (χ1n) is 5.28. The topological polar surface area (TPSA) is 130 Å². The van der Waals surface area contributed by atoms with E-state index in [0.29, 0.717) is 0 Å². The van der Waals surface area contributed by atoms with E-state index < -0.39 is 11.1 Å². The highest BCUT2D eigenvalue weighted by Crippen LogP contribution is 2.27. The van der Waals surface area contributed by atoms with Crippen molar-refractivity contribution < 1.29 is 5.11 Å². The molecule has 1 aliphatic carbocycles. The van der Waals surface area contributed by atoms with Gasteiger partial charge in [0.05, 0.1) is 12.1 Å². The molecule has 0 amide bonds. The van der Waals surface area contributed by atoms with E-state index in [2.05, 4.69) is 15.3 Å². The van der Waals surface area contributed by atoms with Gasteiger partial charge in [-0.3, -0.25) is 9.78 Å². The summed E-state index contributed by atoms with van der Waals surface area (Å²) in [5, 5.41) is 12.4. The molecule has 1 aromatic heterocycles. The summed E-state index contributed by atoms with van der Waals surface area (Å²) in [5.41, 5.74) is 9.92. The maximum atomic E-state index is 11.4. The van der Waals surface area contributed by atoms with Gasteiger partial charge in [-0.2, -0.15) is 4.98 Å². The number of nitrogens with two attached hydrogens (primary N) is 2. The van der Waals surface area contributed by atoms with Crippen molar-refractivity contribution in [3.8, 4) is 0 Å². The molecule has 1 aliphatic rings. The molecule has 0 aliphatic heterocycles. The molecule has 7 heteroatoms. The number of aromatic nitrogens is 2. The number of nitrogens with one attached hydrogen (secondary N) is 2. The average molecular weight is 237 g/mol. The zero-order valence-electron chi connectivity index (χ0n) is 9.23. The Balaban J connectivity index is 2.35. The summed E-state index contributed by atoms with van der Waals surface area (Å²) in [6.45, 7) is -0.0999. The van der Waals surface area contributed by atoms with E-state index in [1.165, 1.54) is 0 Å². The first kappa shape index (κ1) is 11.5. The monoisotopic (exact) mass is 237 g/mol. The second-order valence-electron chi connectivity index (χ2n) is 4.09. The van der Waals surface area contributed by atoms with Gasteiger partial charge in [0.15, 0.2) is 5.82 Å². The molecule has 0 aromatic carbocycles. The largest absolute Gasteiger partial charge is 0.394 e. The smallest absolute Gasteiger partial charge is 0.277 e. The van der Waals surface area contributed by atoms with Gasteiger partial charge in [-0.15, -0.1) is 0 Å². The summed E-state index contributed by atoms with van der Waals surface area (Å²) in [6.07, 6.45) is 5.38. The molecule has 17 heavy (non-hydrogen) atoms. The van der Waals surface area contributed by atoms with Gasteiger partial charge in [-0.1, -0.05) is 12.2 Å². The van der Waals surface area contributed by atoms with Gasteiger partial charge < -0.3 is 21.9 Å². The minimum absolute atomic E-state index is 0.0123. The van der Waals surface area contributed by atoms with Crippen LogP contribution in [0.5, 0.6) is 0 Å². The SMILES string of the molecule is Nc1nc(N[C@]2(CO)C=CCC2)c(N)c(=O)[nH]1. The molecule has 1 aromatic rings. The molecule has 92 valence electrons. The van der Waals surface area contributed by atoms with Crippen LogP contribution >= 0.6 is 0 Å². The molecular weight excluding hydrogens is 222 g/mol. The highest BCUT2D eigenvalue weighted by atomic mass is 16.3. The first-order chi connectivity index (χ1) is 8.06. The van der Waals surface area contributed by atoms with Crippen molar-refractivity contribution in [1.82, 2.24) is 9.97 Å². The zero-order valence-corrected chi connectivity index (χ0v) is 9.23. The molecule has 0 spiro atoms. The highest BCUT2D eigenvalue weighted by Gasteiger charge is 2.30. The Morgan fingerprint density at radius 2 is 2.35 bits per heavy atom. The minimum atomic E-state index is -0.610. The first-order valence-corrected chi connectivity index (χ1v) is 5.28. The molecule has 0 fully saturated rings. The van der Waals surface area contributed by atoms with Gasteiger partial charge in [-0.25, -0.2) is 0 Å². The molecular formula is C10H15N5O2. The molecule has 0 saturated carbocycles. The van der Waals surface area contributed by atoms with Gasteiger partial charge in [0.2, 0.25) is 5.95 Å². The summed E-state index contributed by atoms with van der Waals surface area (Å²) in [6, 6.07) is 0. The van der Waals surface area contributed by atoms with Crippen LogP contribution in [0.15, 0.2) is 16.9 Å². The number of H-pyrrole nitrogens is 1. The third-order valence-electron chi connectivity index (χ3n) is 2.82. The molecule has 2 rings (SSSR count). The van der Waals surface area contributed by atoms with Crippen molar-refractivity contribution >= 4 is 17.5 Å². The lowest BCUT2D eigenvalue weighted by Gasteiger charge is -2.27. The fourth-order valence-corrected chi connectivity index (χ4v) is 1.84. The maximum absolute atomic E-state index is 11.4. The number of anilines is 3. The van der Waals surface area contributed by atoms with E-state index in [1.54, 1.807) is 0 Å². The van der Waals surface area contributed by atoms with Gasteiger partial charge >= 0.3 is 0 Å². The number of allylic oxidation sites excluding steroid dienone is 1. The van der Waals surface area contributed by atoms with Crippen molar-refractivity contribution in [1.29, 1.82) is 0 Å². The molecule has 0 radical (unpaired) electrons. The van der Waals surface area contributed by atoms with E-state index in [-0.39, 0.29) is 24.1 Å². The number of nitrogens with zero attached hydrogens (tertiary/aromatic N) is 1. The average Bonchev–Trinajstić information content (AvgIpc) is 2.74. The standard InChI is InChI=1S/C10H15N5O2/c11-6-7(13-9(12)14-8(6)17)15-10(5-16)3-1-2-4-10/h1,3,16H,2,4-5,11H2,(H4,12,13,14,15,17)/t10-/m1/s1. The van der Waals surface area contributed by atoms with Crippen LogP contribution in [0.2, 0.25) is 0 Å². The van der Waals surface area contributed by atoms with E-state index >= 15 is 0 Å². The van der Waals surface area contributed by atoms with Gasteiger partial charge in [0.25, 0.3) is 5.56 Å². The molecule has 0 bridgehead atoms. The number of aromatic amines is 1. The lowest BCUT2D eigenvalue weighted by molar-refractivity contribution is 0.238. The lowest BCUT2D eigenvalue weighted by atomic mass is 10.0. The predicted octanol–water partition coefficient (Wildman–Crippen LogP) is -0.573. The van der Waals surface area contributed by atoms with E-state index in [4.69, 9.17) is 11.5 Å². The van der Waals surface area contributed by atoms with Crippen molar-refractivity contribution in [2.24, 2.45) is 0 Å². The predicted molar refractivity (Wildman–Crippen MR) is 65.5 cm³/mol. The van der Waals surface area contributed by atoms with E-state index in [1.807, 2.05) is 12.2 Å². The Morgan fingerprint density at radius 3 is 2.94 bits per heavy atom. The number of aliphatic hydroxyl groups is 1. The third-order valence-corrected chi connectivity index (χ3v) is 2.82. The van der Waals surface area contributed by atoms with Gasteiger partial charge in [0, 0.05) is 0 Å². The number of aliphatic hydroxyl groups excluding tert-OH is 1. The van der Waals surface area contributed by atoms with Crippen LogP contribution < -0.4 is 22.3 Å². The molecule has 1 heterocycles. The maximum Gasteiger partial charge on any atom is 0.277 e. The molecule has 7 N–H and O–H groups in total. The summed E-state index contributed by atoms with van der Waals surface area (Å²) >= 11 is 0. The van der Waals surface area contributed by atoms with Crippen molar-refractivity contribution in [2.75, 3.05) is 23.4 Å². The van der Waals surface area contributed by atoms with Crippen LogP contribution in [0.25, 0.3) is 0 Å². The van der Waals surface area contributed by atoms with Crippen LogP contribution in [-0.2, 0) is 0 Å². The van der Waals surface area contributed by atoms with Crippen LogP contribution in [-0.4, -0.2) is 27.2 Å². The number of rotatable bonds is 3. The Hall–Kier alpha value is -2.02. The molecule has 7 nitrogen and oxygen atoms in total. The summed E-state index contributed by atoms with van der Waals surface area (Å²) in [7, 11) is 0. The fraction of sp³-hybridized carbons (Fsp3) is 0.400. The second kappa shape index (κ2) is 4.10. The Labute approximate surface area is 97.6 Å². The Kier molecular flexibility index (Phi) is 2.76. The number of hydrogen-bond donors (Lipinski definition) is 5. The quantitative estimate of drug-likeness (QED) is 0.447. The second-order valence-corrected chi connectivity index (χ2v) is 4.09. The van der Waals surface area contributed by atoms with Crippen LogP contribution in [0, 0.1) is 0 Å². The van der Waals surface area contributed by atoms with E-state index in [0.717, 1.165) is 12.8 Å². The lowest BCUT2D eigenvalue weighted by Crippen LogP contribution is -2.39. The van der Waals surface area contributed by atoms with Crippen molar-refractivity contribution in [2.45, 2.75) is 18.4 Å². The summed E-state index contributed by atoms with van der Waals surface area (Å²) < 4.78 is 0. The molecule has 0 saturated heterocycles. The minimum Gasteiger partial charge on any atom is -0.394 e. The number of nitrogen functional groups attached to an aromatic ring is 2. The fourth-order valence-electron chi connectivity index (χ4n) is 1.84. The van der Waals surface area contributed by atoms with Crippen LogP contribution in [0.1, 0.15) is 12.8 Å². The summed E-state index contributed by atoms with van der Waals surface area (Å²) in [5.74, 6) is 0.189. The van der Waals surface area contributed by atoms with Crippen molar-refractivity contribution in [3.05, 3.63) is 22.5 Å². The molecule has 1 atom stereocenters. The zero-order chi connectivity index (χ0) is 12.5. The Morgan fingerprint density at radius 1 is 1.59 bits per heavy atom. The Bertz CT molecular complexity index is 510. The third kappa shape index (κ3) is 2.09. The van der Waals surface area contributed by atoms with Crippen LogP contribution in [0.3, 0.4) is 0 Å². The number of hydrogen-bond acceptors (Lipinski definition) is 6. The van der Waals surface area contributed by atoms with Crippen LogP contribution in [0.4, 0.5) is 17.5 Å².